The lowest BCUT2D eigenvalue weighted by Gasteiger charge is -2.13. The van der Waals surface area contributed by atoms with Gasteiger partial charge in [-0.05, 0) is 60.9 Å². The molecule has 2 amide bonds. The molecule has 0 atom stereocenters. The van der Waals surface area contributed by atoms with Crippen LogP contribution in [-0.4, -0.2) is 24.6 Å². The van der Waals surface area contributed by atoms with E-state index in [1.54, 1.807) is 36.4 Å². The van der Waals surface area contributed by atoms with Crippen LogP contribution in [0, 0.1) is 13.8 Å². The zero-order chi connectivity index (χ0) is 23.1. The summed E-state index contributed by atoms with van der Waals surface area (Å²) < 4.78 is 5.54. The summed E-state index contributed by atoms with van der Waals surface area (Å²) in [6, 6.07) is 17.5. The molecule has 6 nitrogen and oxygen atoms in total. The Balaban J connectivity index is 1.60. The first-order chi connectivity index (χ1) is 15.3. The lowest BCUT2D eigenvalue weighted by Crippen LogP contribution is -2.21. The molecule has 164 valence electrons. The van der Waals surface area contributed by atoms with Crippen LogP contribution in [-0.2, 0) is 4.79 Å². The van der Waals surface area contributed by atoms with Gasteiger partial charge in [0.15, 0.2) is 12.4 Å². The second kappa shape index (κ2) is 10.8. The monoisotopic (exact) mass is 469 g/mol. The molecule has 0 aliphatic carbocycles. The first-order valence-electron chi connectivity index (χ1n) is 9.71. The molecule has 0 saturated carbocycles. The Morgan fingerprint density at radius 2 is 1.69 bits per heavy atom. The molecule has 0 aromatic heterocycles. The van der Waals surface area contributed by atoms with Crippen molar-refractivity contribution in [1.29, 1.82) is 0 Å². The quantitative estimate of drug-likeness (QED) is 0.359. The number of hydrogen-bond donors (Lipinski definition) is 2. The van der Waals surface area contributed by atoms with E-state index < -0.39 is 0 Å². The van der Waals surface area contributed by atoms with Crippen molar-refractivity contribution >= 4 is 46.9 Å². The zero-order valence-corrected chi connectivity index (χ0v) is 19.0. The summed E-state index contributed by atoms with van der Waals surface area (Å²) in [4.78, 5) is 24.3. The molecule has 0 unspecified atom stereocenters. The Hall–Kier alpha value is -3.35. The minimum atomic E-state index is -0.339. The van der Waals surface area contributed by atoms with Crippen LogP contribution in [0.15, 0.2) is 65.8 Å². The number of nitrogens with one attached hydrogen (secondary N) is 2. The van der Waals surface area contributed by atoms with Crippen LogP contribution in [0.3, 0.4) is 0 Å². The van der Waals surface area contributed by atoms with Gasteiger partial charge in [-0.3, -0.25) is 9.59 Å². The number of benzene rings is 3. The van der Waals surface area contributed by atoms with Gasteiger partial charge in [-0.1, -0.05) is 53.5 Å². The minimum absolute atomic E-state index is 0.190. The summed E-state index contributed by atoms with van der Waals surface area (Å²) in [5.74, 6) is -0.483. The Labute approximate surface area is 196 Å². The second-order valence-electron chi connectivity index (χ2n) is 6.96. The summed E-state index contributed by atoms with van der Waals surface area (Å²) >= 11 is 12.5. The van der Waals surface area contributed by atoms with Crippen LogP contribution >= 0.6 is 23.2 Å². The van der Waals surface area contributed by atoms with Gasteiger partial charge in [0.1, 0.15) is 0 Å². The highest BCUT2D eigenvalue weighted by Crippen LogP contribution is 2.34. The van der Waals surface area contributed by atoms with Gasteiger partial charge in [0.05, 0.1) is 16.3 Å². The number of carbonyl (C=O) groups is 2. The van der Waals surface area contributed by atoms with Crippen molar-refractivity contribution in [3.8, 4) is 5.75 Å². The molecule has 0 aliphatic heterocycles. The number of halogens is 2. The standard InChI is InChI=1S/C24H21Cl2N3O3/c1-15-7-6-10-21(16(15)2)28-22(30)14-32-23-19(25)11-17(12-20(23)26)13-27-29-24(31)18-8-4-3-5-9-18/h3-13H,14H2,1-2H3,(H,28,30)(H,29,31)/b27-13+. The third-order valence-corrected chi connectivity index (χ3v) is 5.22. The van der Waals surface area contributed by atoms with Gasteiger partial charge in [-0.25, -0.2) is 5.43 Å². The fraction of sp³-hybridized carbons (Fsp3) is 0.125. The molecule has 3 rings (SSSR count). The van der Waals surface area contributed by atoms with E-state index in [1.165, 1.54) is 6.21 Å². The fourth-order valence-corrected chi connectivity index (χ4v) is 3.43. The highest BCUT2D eigenvalue weighted by atomic mass is 35.5. The molecule has 0 fully saturated rings. The number of ether oxygens (including phenoxy) is 1. The first-order valence-corrected chi connectivity index (χ1v) is 10.5. The second-order valence-corrected chi connectivity index (χ2v) is 7.78. The van der Waals surface area contributed by atoms with Crippen LogP contribution in [0.2, 0.25) is 10.0 Å². The van der Waals surface area contributed by atoms with Crippen molar-refractivity contribution in [3.05, 3.63) is 93.0 Å². The molecule has 3 aromatic carbocycles. The summed E-state index contributed by atoms with van der Waals surface area (Å²) in [6.07, 6.45) is 1.41. The van der Waals surface area contributed by atoms with Gasteiger partial charge in [0, 0.05) is 11.3 Å². The zero-order valence-electron chi connectivity index (χ0n) is 17.5. The molecular weight excluding hydrogens is 449 g/mol. The molecule has 0 saturated heterocycles. The number of rotatable bonds is 7. The van der Waals surface area contributed by atoms with E-state index >= 15 is 0 Å². The van der Waals surface area contributed by atoms with Crippen molar-refractivity contribution in [1.82, 2.24) is 5.43 Å². The number of amides is 2. The highest BCUT2D eigenvalue weighted by molar-refractivity contribution is 6.37. The molecule has 0 aliphatic rings. The lowest BCUT2D eigenvalue weighted by molar-refractivity contribution is -0.118. The van der Waals surface area contributed by atoms with Crippen LogP contribution in [0.4, 0.5) is 5.69 Å². The maximum Gasteiger partial charge on any atom is 0.271 e. The summed E-state index contributed by atoms with van der Waals surface area (Å²) in [6.45, 7) is 3.65. The maximum atomic E-state index is 12.3. The minimum Gasteiger partial charge on any atom is -0.481 e. The molecule has 8 heteroatoms. The van der Waals surface area contributed by atoms with E-state index in [1.807, 2.05) is 38.1 Å². The number of carbonyl (C=O) groups excluding carboxylic acids is 2. The molecule has 0 bridgehead atoms. The number of aryl methyl sites for hydroxylation is 1. The number of hydrazone groups is 1. The number of anilines is 1. The van der Waals surface area contributed by atoms with E-state index in [0.717, 1.165) is 16.8 Å². The summed E-state index contributed by atoms with van der Waals surface area (Å²) in [5.41, 5.74) is 6.26. The van der Waals surface area contributed by atoms with Gasteiger partial charge in [0.2, 0.25) is 0 Å². The van der Waals surface area contributed by atoms with Crippen molar-refractivity contribution in [2.75, 3.05) is 11.9 Å². The third kappa shape index (κ3) is 6.09. The predicted molar refractivity (Wildman–Crippen MR) is 128 cm³/mol. The fourth-order valence-electron chi connectivity index (χ4n) is 2.82. The largest absolute Gasteiger partial charge is 0.481 e. The maximum absolute atomic E-state index is 12.3. The van der Waals surface area contributed by atoms with Gasteiger partial charge in [0.25, 0.3) is 11.8 Å². The van der Waals surface area contributed by atoms with Crippen LogP contribution in [0.25, 0.3) is 0 Å². The van der Waals surface area contributed by atoms with Gasteiger partial charge < -0.3 is 10.1 Å². The van der Waals surface area contributed by atoms with Gasteiger partial charge >= 0.3 is 0 Å². The Morgan fingerprint density at radius 1 is 1.00 bits per heavy atom. The van der Waals surface area contributed by atoms with Crippen molar-refractivity contribution in [2.45, 2.75) is 13.8 Å². The van der Waals surface area contributed by atoms with Crippen molar-refractivity contribution in [2.24, 2.45) is 5.10 Å². The van der Waals surface area contributed by atoms with E-state index in [2.05, 4.69) is 15.8 Å². The third-order valence-electron chi connectivity index (χ3n) is 4.66. The average Bonchev–Trinajstić information content (AvgIpc) is 2.77. The summed E-state index contributed by atoms with van der Waals surface area (Å²) in [7, 11) is 0. The van der Waals surface area contributed by atoms with Gasteiger partial charge in [-0.15, -0.1) is 0 Å². The first kappa shape index (κ1) is 23.3. The lowest BCUT2D eigenvalue weighted by atomic mass is 10.1. The molecule has 0 heterocycles. The molecule has 0 radical (unpaired) electrons. The van der Waals surface area contributed by atoms with E-state index in [-0.39, 0.29) is 34.2 Å². The smallest absolute Gasteiger partial charge is 0.271 e. The highest BCUT2D eigenvalue weighted by Gasteiger charge is 2.13. The normalized spacial score (nSPS) is 10.8. The predicted octanol–water partition coefficient (Wildman–Crippen LogP) is 5.39. The Morgan fingerprint density at radius 3 is 2.38 bits per heavy atom. The van der Waals surface area contributed by atoms with Crippen LogP contribution in [0.1, 0.15) is 27.0 Å². The Kier molecular flexibility index (Phi) is 7.87. The molecular formula is C24H21Cl2N3O3. The van der Waals surface area contributed by atoms with Crippen molar-refractivity contribution in [3.63, 3.8) is 0 Å². The SMILES string of the molecule is Cc1cccc(NC(=O)COc2c(Cl)cc(/C=N/NC(=O)c3ccccc3)cc2Cl)c1C. The Bertz CT molecular complexity index is 1140. The van der Waals surface area contributed by atoms with E-state index in [9.17, 15) is 9.59 Å². The molecule has 32 heavy (non-hydrogen) atoms. The van der Waals surface area contributed by atoms with E-state index in [0.29, 0.717) is 11.1 Å². The van der Waals surface area contributed by atoms with Crippen LogP contribution < -0.4 is 15.5 Å². The van der Waals surface area contributed by atoms with Crippen molar-refractivity contribution < 1.29 is 14.3 Å². The summed E-state index contributed by atoms with van der Waals surface area (Å²) in [5, 5.41) is 7.16. The number of nitrogens with zero attached hydrogens (tertiary/aromatic N) is 1. The molecule has 0 spiro atoms. The van der Waals surface area contributed by atoms with Gasteiger partial charge in [-0.2, -0.15) is 5.10 Å². The van der Waals surface area contributed by atoms with Crippen LogP contribution in [0.5, 0.6) is 5.75 Å². The number of hydrogen-bond acceptors (Lipinski definition) is 4. The topological polar surface area (TPSA) is 79.8 Å². The molecule has 2 N–H and O–H groups in total. The molecule has 3 aromatic rings. The average molecular weight is 470 g/mol. The van der Waals surface area contributed by atoms with E-state index in [4.69, 9.17) is 27.9 Å².